The third-order valence-electron chi connectivity index (χ3n) is 2.00. The predicted molar refractivity (Wildman–Crippen MR) is 54.5 cm³/mol. The fraction of sp³-hybridized carbons (Fsp3) is 0.667. The van der Waals surface area contributed by atoms with E-state index in [1.54, 1.807) is 4.68 Å². The van der Waals surface area contributed by atoms with Gasteiger partial charge in [0.05, 0.1) is 0 Å². The highest BCUT2D eigenvalue weighted by molar-refractivity contribution is 5.31. The van der Waals surface area contributed by atoms with E-state index in [1.165, 1.54) is 0 Å². The van der Waals surface area contributed by atoms with Crippen molar-refractivity contribution in [2.45, 2.75) is 13.3 Å². The zero-order valence-electron chi connectivity index (χ0n) is 8.33. The smallest absolute Gasteiger partial charge is 0.147 e. The Morgan fingerprint density at radius 3 is 3.00 bits per heavy atom. The van der Waals surface area contributed by atoms with Crippen LogP contribution in [0.25, 0.3) is 0 Å². The van der Waals surface area contributed by atoms with Gasteiger partial charge in [-0.3, -0.25) is 4.68 Å². The molecule has 3 N–H and O–H groups in total. The van der Waals surface area contributed by atoms with Gasteiger partial charge in [0.25, 0.3) is 0 Å². The predicted octanol–water partition coefficient (Wildman–Crippen LogP) is 0.817. The van der Waals surface area contributed by atoms with Crippen LogP contribution in [0, 0.1) is 5.92 Å². The Bertz CT molecular complexity index is 244. The molecule has 1 rings (SSSR count). The molecule has 0 saturated carbocycles. The minimum absolute atomic E-state index is 0.604. The Morgan fingerprint density at radius 1 is 1.69 bits per heavy atom. The van der Waals surface area contributed by atoms with E-state index in [0.717, 1.165) is 25.3 Å². The molecule has 1 aromatic heterocycles. The Hall–Kier alpha value is -1.03. The quantitative estimate of drug-likeness (QED) is 0.708. The van der Waals surface area contributed by atoms with E-state index in [-0.39, 0.29) is 0 Å². The topological polar surface area (TPSA) is 55.9 Å². The number of aryl methyl sites for hydroxylation is 1. The molecule has 0 saturated heterocycles. The van der Waals surface area contributed by atoms with Crippen LogP contribution in [0.3, 0.4) is 0 Å². The monoisotopic (exact) mass is 182 g/mol. The summed E-state index contributed by atoms with van der Waals surface area (Å²) in [5, 5.41) is 7.48. The van der Waals surface area contributed by atoms with Crippen molar-refractivity contribution in [3.05, 3.63) is 12.3 Å². The van der Waals surface area contributed by atoms with Crippen molar-refractivity contribution in [1.29, 1.82) is 0 Å². The van der Waals surface area contributed by atoms with Gasteiger partial charge in [0, 0.05) is 25.9 Å². The van der Waals surface area contributed by atoms with Crippen molar-refractivity contribution in [3.63, 3.8) is 0 Å². The van der Waals surface area contributed by atoms with Crippen molar-refractivity contribution in [2.24, 2.45) is 18.7 Å². The second-order valence-corrected chi connectivity index (χ2v) is 3.44. The summed E-state index contributed by atoms with van der Waals surface area (Å²) in [6.45, 7) is 3.88. The molecular weight excluding hydrogens is 164 g/mol. The minimum atomic E-state index is 0.604. The van der Waals surface area contributed by atoms with Gasteiger partial charge >= 0.3 is 0 Å². The fourth-order valence-corrected chi connectivity index (χ4v) is 1.17. The van der Waals surface area contributed by atoms with E-state index in [1.807, 2.05) is 19.3 Å². The number of rotatable bonds is 5. The van der Waals surface area contributed by atoms with Gasteiger partial charge in [-0.2, -0.15) is 5.10 Å². The lowest BCUT2D eigenvalue weighted by Gasteiger charge is -2.09. The zero-order chi connectivity index (χ0) is 9.68. The molecule has 1 aromatic rings. The molecule has 1 unspecified atom stereocenters. The second-order valence-electron chi connectivity index (χ2n) is 3.44. The molecule has 4 nitrogen and oxygen atoms in total. The molecular formula is C9H18N4. The number of aromatic nitrogens is 2. The fourth-order valence-electron chi connectivity index (χ4n) is 1.17. The van der Waals surface area contributed by atoms with Crippen LogP contribution >= 0.6 is 0 Å². The third-order valence-corrected chi connectivity index (χ3v) is 2.00. The lowest BCUT2D eigenvalue weighted by atomic mass is 10.1. The molecule has 1 heterocycles. The normalized spacial score (nSPS) is 12.8. The number of hydrogen-bond acceptors (Lipinski definition) is 3. The van der Waals surface area contributed by atoms with E-state index in [9.17, 15) is 0 Å². The van der Waals surface area contributed by atoms with Crippen LogP contribution < -0.4 is 11.1 Å². The molecule has 0 spiro atoms. The maximum atomic E-state index is 5.45. The van der Waals surface area contributed by atoms with Gasteiger partial charge in [-0.25, -0.2) is 0 Å². The van der Waals surface area contributed by atoms with Crippen LogP contribution in [0.2, 0.25) is 0 Å². The summed E-state index contributed by atoms with van der Waals surface area (Å²) >= 11 is 0. The van der Waals surface area contributed by atoms with Gasteiger partial charge in [0.2, 0.25) is 0 Å². The first kappa shape index (κ1) is 10.1. The summed E-state index contributed by atoms with van der Waals surface area (Å²) in [6, 6.07) is 1.97. The van der Waals surface area contributed by atoms with E-state index in [4.69, 9.17) is 5.73 Å². The lowest BCUT2D eigenvalue weighted by molar-refractivity contribution is 0.567. The Balaban J connectivity index is 2.26. The van der Waals surface area contributed by atoms with Crippen LogP contribution in [-0.4, -0.2) is 22.9 Å². The Labute approximate surface area is 79.1 Å². The summed E-state index contributed by atoms with van der Waals surface area (Å²) < 4.78 is 1.79. The zero-order valence-corrected chi connectivity index (χ0v) is 8.33. The highest BCUT2D eigenvalue weighted by Gasteiger charge is 2.01. The highest BCUT2D eigenvalue weighted by atomic mass is 15.3. The van der Waals surface area contributed by atoms with E-state index >= 15 is 0 Å². The number of nitrogens with two attached hydrogens (primary N) is 1. The SMILES string of the molecule is CC(CCN)CNc1ccn(C)n1. The van der Waals surface area contributed by atoms with Gasteiger partial charge in [-0.1, -0.05) is 6.92 Å². The first-order valence-corrected chi connectivity index (χ1v) is 4.66. The van der Waals surface area contributed by atoms with Crippen LogP contribution in [0.15, 0.2) is 12.3 Å². The van der Waals surface area contributed by atoms with Gasteiger partial charge in [-0.05, 0) is 18.9 Å². The Morgan fingerprint density at radius 2 is 2.46 bits per heavy atom. The first-order chi connectivity index (χ1) is 6.22. The van der Waals surface area contributed by atoms with Gasteiger partial charge in [-0.15, -0.1) is 0 Å². The molecule has 4 heteroatoms. The number of nitrogens with one attached hydrogen (secondary N) is 1. The number of nitrogens with zero attached hydrogens (tertiary/aromatic N) is 2. The van der Waals surface area contributed by atoms with Gasteiger partial charge in [0.15, 0.2) is 0 Å². The summed E-state index contributed by atoms with van der Waals surface area (Å²) in [7, 11) is 1.91. The summed E-state index contributed by atoms with van der Waals surface area (Å²) in [4.78, 5) is 0. The molecule has 0 aliphatic rings. The molecule has 0 radical (unpaired) electrons. The summed E-state index contributed by atoms with van der Waals surface area (Å²) in [5.74, 6) is 1.54. The molecule has 74 valence electrons. The standard InChI is InChI=1S/C9H18N4/c1-8(3-5-10)7-11-9-4-6-13(2)12-9/h4,6,8H,3,5,7,10H2,1-2H3,(H,11,12). The van der Waals surface area contributed by atoms with E-state index < -0.39 is 0 Å². The summed E-state index contributed by atoms with van der Waals surface area (Å²) in [6.07, 6.45) is 2.98. The van der Waals surface area contributed by atoms with Crippen LogP contribution in [0.5, 0.6) is 0 Å². The Kier molecular flexibility index (Phi) is 3.76. The van der Waals surface area contributed by atoms with Crippen molar-refractivity contribution < 1.29 is 0 Å². The second kappa shape index (κ2) is 4.87. The van der Waals surface area contributed by atoms with E-state index in [0.29, 0.717) is 5.92 Å². The van der Waals surface area contributed by atoms with Crippen molar-refractivity contribution in [3.8, 4) is 0 Å². The molecule has 0 aliphatic heterocycles. The summed E-state index contributed by atoms with van der Waals surface area (Å²) in [5.41, 5.74) is 5.45. The maximum absolute atomic E-state index is 5.45. The largest absolute Gasteiger partial charge is 0.368 e. The third kappa shape index (κ3) is 3.46. The van der Waals surface area contributed by atoms with Crippen LogP contribution in [0.4, 0.5) is 5.82 Å². The molecule has 13 heavy (non-hydrogen) atoms. The molecule has 1 atom stereocenters. The molecule has 0 amide bonds. The average molecular weight is 182 g/mol. The number of anilines is 1. The van der Waals surface area contributed by atoms with Crippen LogP contribution in [-0.2, 0) is 7.05 Å². The molecule has 0 aliphatic carbocycles. The van der Waals surface area contributed by atoms with Crippen molar-refractivity contribution >= 4 is 5.82 Å². The van der Waals surface area contributed by atoms with Gasteiger partial charge < -0.3 is 11.1 Å². The average Bonchev–Trinajstić information content (AvgIpc) is 2.49. The van der Waals surface area contributed by atoms with Crippen LogP contribution in [0.1, 0.15) is 13.3 Å². The molecule has 0 bridgehead atoms. The maximum Gasteiger partial charge on any atom is 0.147 e. The minimum Gasteiger partial charge on any atom is -0.368 e. The molecule has 0 fully saturated rings. The van der Waals surface area contributed by atoms with Crippen molar-refractivity contribution in [1.82, 2.24) is 9.78 Å². The van der Waals surface area contributed by atoms with Crippen molar-refractivity contribution in [2.75, 3.05) is 18.4 Å². The molecule has 0 aromatic carbocycles. The highest BCUT2D eigenvalue weighted by Crippen LogP contribution is 2.04. The van der Waals surface area contributed by atoms with Gasteiger partial charge in [0.1, 0.15) is 5.82 Å². The number of hydrogen-bond donors (Lipinski definition) is 2. The first-order valence-electron chi connectivity index (χ1n) is 4.66. The van der Waals surface area contributed by atoms with E-state index in [2.05, 4.69) is 17.3 Å². The lowest BCUT2D eigenvalue weighted by Crippen LogP contribution is -2.15.